The number of nitrogens with zero attached hydrogens (tertiary/aromatic N) is 2. The van der Waals surface area contributed by atoms with E-state index in [1.165, 1.54) is 54.5 Å². The number of anilines is 3. The number of para-hydroxylation sites is 3. The Balaban J connectivity index is 1.22. The topological polar surface area (TPSA) is 21.3 Å². The van der Waals surface area contributed by atoms with E-state index in [9.17, 15) is 0 Å². The van der Waals surface area contributed by atoms with E-state index in [-0.39, 0.29) is 0 Å². The summed E-state index contributed by atoms with van der Waals surface area (Å²) in [6.07, 6.45) is 0. The van der Waals surface area contributed by atoms with Gasteiger partial charge in [-0.05, 0) is 99.4 Å². The van der Waals surface area contributed by atoms with Gasteiger partial charge in [0.15, 0.2) is 5.58 Å². The van der Waals surface area contributed by atoms with Crippen LogP contribution in [0.5, 0.6) is 0 Å². The van der Waals surface area contributed by atoms with Crippen molar-refractivity contribution in [1.82, 2.24) is 4.57 Å². The zero-order valence-corrected chi connectivity index (χ0v) is 28.8. The molecule has 0 amide bonds. The van der Waals surface area contributed by atoms with Gasteiger partial charge < -0.3 is 13.9 Å². The van der Waals surface area contributed by atoms with Crippen LogP contribution in [0, 0.1) is 0 Å². The molecule has 0 aliphatic carbocycles. The van der Waals surface area contributed by atoms with E-state index < -0.39 is 0 Å². The zero-order chi connectivity index (χ0) is 34.9. The molecule has 0 N–H and O–H groups in total. The summed E-state index contributed by atoms with van der Waals surface area (Å²) in [5.41, 5.74) is 10.7. The number of benzene rings is 9. The summed E-state index contributed by atoms with van der Waals surface area (Å²) >= 11 is 0. The van der Waals surface area contributed by atoms with Crippen molar-refractivity contribution in [3.8, 4) is 16.8 Å². The van der Waals surface area contributed by atoms with Crippen LogP contribution in [0.25, 0.3) is 82.1 Å². The quantitative estimate of drug-likeness (QED) is 0.181. The smallest absolute Gasteiger partial charge is 0.159 e. The van der Waals surface area contributed by atoms with Crippen LogP contribution >= 0.6 is 0 Å². The Bertz CT molecular complexity index is 3170. The monoisotopic (exact) mass is 676 g/mol. The van der Waals surface area contributed by atoms with Crippen molar-refractivity contribution in [2.24, 2.45) is 0 Å². The number of furan rings is 1. The molecule has 0 aliphatic rings. The highest BCUT2D eigenvalue weighted by Crippen LogP contribution is 2.46. The van der Waals surface area contributed by atoms with Crippen molar-refractivity contribution in [2.75, 3.05) is 4.90 Å². The first-order chi connectivity index (χ1) is 26.3. The Morgan fingerprint density at radius 3 is 1.89 bits per heavy atom. The summed E-state index contributed by atoms with van der Waals surface area (Å²) in [4.78, 5) is 2.39. The molecule has 0 unspecified atom stereocenters. The molecule has 0 radical (unpaired) electrons. The van der Waals surface area contributed by atoms with Crippen LogP contribution in [-0.2, 0) is 0 Å². The molecule has 11 aromatic rings. The minimum Gasteiger partial charge on any atom is -0.454 e. The van der Waals surface area contributed by atoms with Crippen molar-refractivity contribution >= 4 is 82.4 Å². The maximum absolute atomic E-state index is 6.89. The van der Waals surface area contributed by atoms with Gasteiger partial charge >= 0.3 is 0 Å². The van der Waals surface area contributed by atoms with E-state index >= 15 is 0 Å². The molecule has 0 spiro atoms. The SMILES string of the molecule is c1ccc(-c2cc(N(c3ccc4c(c3)c3ccccc3n4-c3ccccc3)c3cccc4c3oc3cc5ccccc5cc34)cc3ccccc23)cc1. The molecule has 2 aromatic heterocycles. The Morgan fingerprint density at radius 1 is 0.396 bits per heavy atom. The minimum absolute atomic E-state index is 0.860. The molecule has 0 saturated heterocycles. The third-order valence-corrected chi connectivity index (χ3v) is 10.7. The van der Waals surface area contributed by atoms with Crippen LogP contribution in [0.15, 0.2) is 199 Å². The molecule has 0 aliphatic heterocycles. The number of rotatable bonds is 5. The molecule has 9 aromatic carbocycles. The lowest BCUT2D eigenvalue weighted by molar-refractivity contribution is 0.669. The molecular formula is C50H32N2O. The maximum atomic E-state index is 6.89. The molecule has 3 nitrogen and oxygen atoms in total. The molecule has 3 heteroatoms. The summed E-state index contributed by atoms with van der Waals surface area (Å²) in [6.45, 7) is 0. The van der Waals surface area contributed by atoms with Gasteiger partial charge in [-0.1, -0.05) is 127 Å². The lowest BCUT2D eigenvalue weighted by Gasteiger charge is -2.27. The molecule has 53 heavy (non-hydrogen) atoms. The first kappa shape index (κ1) is 29.6. The molecule has 248 valence electrons. The maximum Gasteiger partial charge on any atom is 0.159 e. The normalized spacial score (nSPS) is 11.8. The van der Waals surface area contributed by atoms with Crippen LogP contribution in [0.1, 0.15) is 0 Å². The third-order valence-electron chi connectivity index (χ3n) is 10.7. The van der Waals surface area contributed by atoms with Gasteiger partial charge in [0.05, 0.1) is 16.7 Å². The van der Waals surface area contributed by atoms with E-state index in [1.807, 2.05) is 0 Å². The fraction of sp³-hybridized carbons (Fsp3) is 0. The summed E-state index contributed by atoms with van der Waals surface area (Å²) in [5.74, 6) is 0. The van der Waals surface area contributed by atoms with Crippen LogP contribution in [0.4, 0.5) is 17.1 Å². The number of hydrogen-bond acceptors (Lipinski definition) is 2. The van der Waals surface area contributed by atoms with Crippen LogP contribution in [0.2, 0.25) is 0 Å². The van der Waals surface area contributed by atoms with Crippen molar-refractivity contribution in [1.29, 1.82) is 0 Å². The first-order valence-corrected chi connectivity index (χ1v) is 18.1. The van der Waals surface area contributed by atoms with E-state index in [0.717, 1.165) is 44.7 Å². The van der Waals surface area contributed by atoms with E-state index in [0.29, 0.717) is 0 Å². The van der Waals surface area contributed by atoms with Gasteiger partial charge in [0.2, 0.25) is 0 Å². The van der Waals surface area contributed by atoms with Crippen molar-refractivity contribution in [3.05, 3.63) is 194 Å². The summed E-state index contributed by atoms with van der Waals surface area (Å²) < 4.78 is 9.26. The second-order valence-corrected chi connectivity index (χ2v) is 13.8. The van der Waals surface area contributed by atoms with Gasteiger partial charge in [0.1, 0.15) is 5.58 Å². The Kier molecular flexibility index (Phi) is 6.55. The largest absolute Gasteiger partial charge is 0.454 e. The summed E-state index contributed by atoms with van der Waals surface area (Å²) in [6, 6.07) is 69.8. The predicted molar refractivity (Wildman–Crippen MR) is 223 cm³/mol. The average Bonchev–Trinajstić information content (AvgIpc) is 3.76. The van der Waals surface area contributed by atoms with Gasteiger partial charge in [-0.25, -0.2) is 0 Å². The highest BCUT2D eigenvalue weighted by Gasteiger charge is 2.23. The molecular weight excluding hydrogens is 645 g/mol. The number of fused-ring (bicyclic) bond motifs is 8. The molecule has 0 saturated carbocycles. The van der Waals surface area contributed by atoms with Crippen LogP contribution < -0.4 is 4.90 Å². The molecule has 11 rings (SSSR count). The molecule has 0 fully saturated rings. The molecule has 0 bridgehead atoms. The third kappa shape index (κ3) is 4.68. The second-order valence-electron chi connectivity index (χ2n) is 13.8. The second kappa shape index (κ2) is 11.7. The van der Waals surface area contributed by atoms with Crippen molar-refractivity contribution in [3.63, 3.8) is 0 Å². The average molecular weight is 677 g/mol. The highest BCUT2D eigenvalue weighted by atomic mass is 16.3. The van der Waals surface area contributed by atoms with Gasteiger partial charge in [0.25, 0.3) is 0 Å². The van der Waals surface area contributed by atoms with Gasteiger partial charge in [-0.15, -0.1) is 0 Å². The van der Waals surface area contributed by atoms with Crippen LogP contribution in [0.3, 0.4) is 0 Å². The van der Waals surface area contributed by atoms with Gasteiger partial charge in [-0.3, -0.25) is 0 Å². The number of hydrogen-bond donors (Lipinski definition) is 0. The Hall–Kier alpha value is -7.10. The zero-order valence-electron chi connectivity index (χ0n) is 28.8. The minimum atomic E-state index is 0.860. The van der Waals surface area contributed by atoms with Crippen molar-refractivity contribution in [2.45, 2.75) is 0 Å². The first-order valence-electron chi connectivity index (χ1n) is 18.1. The lowest BCUT2D eigenvalue weighted by Crippen LogP contribution is -2.10. The lowest BCUT2D eigenvalue weighted by atomic mass is 9.96. The van der Waals surface area contributed by atoms with Gasteiger partial charge in [0, 0.05) is 38.6 Å². The summed E-state index contributed by atoms with van der Waals surface area (Å²) in [7, 11) is 0. The van der Waals surface area contributed by atoms with Crippen LogP contribution in [-0.4, -0.2) is 4.57 Å². The van der Waals surface area contributed by atoms with E-state index in [1.54, 1.807) is 0 Å². The number of aromatic nitrogens is 1. The molecule has 0 atom stereocenters. The van der Waals surface area contributed by atoms with E-state index in [2.05, 4.69) is 204 Å². The Labute approximate surface area is 306 Å². The predicted octanol–water partition coefficient (Wildman–Crippen LogP) is 14.1. The Morgan fingerprint density at radius 2 is 1.06 bits per heavy atom. The fourth-order valence-corrected chi connectivity index (χ4v) is 8.31. The molecule has 2 heterocycles. The van der Waals surface area contributed by atoms with Gasteiger partial charge in [-0.2, -0.15) is 0 Å². The fourth-order valence-electron chi connectivity index (χ4n) is 8.31. The highest BCUT2D eigenvalue weighted by molar-refractivity contribution is 6.15. The summed E-state index contributed by atoms with van der Waals surface area (Å²) in [5, 5.41) is 9.39. The standard InChI is InChI=1S/C50H32N2O/c1-3-14-33(15-4-1)43-32-39(28-36-18-9-10-21-40(36)43)51(48-25-13-23-42-45-29-34-16-7-8-17-35(34)30-49(45)53-50(42)48)38-26-27-47-44(31-38)41-22-11-12-24-46(41)52(47)37-19-5-2-6-20-37/h1-32H. The van der Waals surface area contributed by atoms with Crippen molar-refractivity contribution < 1.29 is 4.42 Å². The van der Waals surface area contributed by atoms with E-state index in [4.69, 9.17) is 4.42 Å².